The van der Waals surface area contributed by atoms with Gasteiger partial charge in [0.1, 0.15) is 6.04 Å². The van der Waals surface area contributed by atoms with Crippen molar-refractivity contribution >= 4 is 21.9 Å². The van der Waals surface area contributed by atoms with Gasteiger partial charge >= 0.3 is 5.97 Å². The molecule has 0 saturated carbocycles. The molecule has 0 spiro atoms. The molecule has 1 aromatic rings. The Morgan fingerprint density at radius 1 is 1.10 bits per heavy atom. The first kappa shape index (κ1) is 24.1. The van der Waals surface area contributed by atoms with Crippen LogP contribution in [0.3, 0.4) is 0 Å². The summed E-state index contributed by atoms with van der Waals surface area (Å²) in [6.45, 7) is 5.39. The Morgan fingerprint density at radius 3 is 2.40 bits per heavy atom. The number of hydrogen-bond acceptors (Lipinski definition) is 5. The van der Waals surface area contributed by atoms with Crippen LogP contribution in [0.2, 0.25) is 0 Å². The Morgan fingerprint density at radius 2 is 1.80 bits per heavy atom. The lowest BCUT2D eigenvalue weighted by Crippen LogP contribution is -2.47. The van der Waals surface area contributed by atoms with Crippen LogP contribution in [0.25, 0.3) is 0 Å². The summed E-state index contributed by atoms with van der Waals surface area (Å²) >= 11 is 0. The number of rotatable bonds is 10. The largest absolute Gasteiger partial charge is 0.451 e. The van der Waals surface area contributed by atoms with Crippen LogP contribution in [-0.4, -0.2) is 39.0 Å². The van der Waals surface area contributed by atoms with Crippen LogP contribution in [0.1, 0.15) is 52.9 Å². The third kappa shape index (κ3) is 7.25. The first-order valence-electron chi connectivity index (χ1n) is 10.4. The Kier molecular flexibility index (Phi) is 9.05. The highest BCUT2D eigenvalue weighted by Gasteiger charge is 2.31. The molecule has 166 valence electrons. The SMILES string of the molecule is CC(OC(=O)[C@@H](NS(=O)(=O)c1ccccc1)C(C)C)C(=O)NCCC1=CCCCC1. The number of esters is 1. The molecule has 1 aliphatic rings. The number of ether oxygens (including phenoxy) is 1. The molecule has 1 amide bonds. The molecule has 1 aromatic carbocycles. The second-order valence-corrected chi connectivity index (χ2v) is 9.60. The Bertz CT molecular complexity index is 850. The molecule has 0 saturated heterocycles. The van der Waals surface area contributed by atoms with Gasteiger partial charge in [-0.1, -0.05) is 43.7 Å². The Hall–Kier alpha value is -2.19. The highest BCUT2D eigenvalue weighted by Crippen LogP contribution is 2.19. The van der Waals surface area contributed by atoms with Gasteiger partial charge in [-0.3, -0.25) is 9.59 Å². The van der Waals surface area contributed by atoms with Crippen LogP contribution in [0, 0.1) is 5.92 Å². The van der Waals surface area contributed by atoms with Crippen molar-refractivity contribution in [2.75, 3.05) is 6.54 Å². The van der Waals surface area contributed by atoms with Crippen molar-refractivity contribution in [3.63, 3.8) is 0 Å². The van der Waals surface area contributed by atoms with Crippen LogP contribution in [0.15, 0.2) is 46.9 Å². The molecule has 30 heavy (non-hydrogen) atoms. The number of nitrogens with one attached hydrogen (secondary N) is 2. The summed E-state index contributed by atoms with van der Waals surface area (Å²) in [5, 5.41) is 2.78. The second-order valence-electron chi connectivity index (χ2n) is 7.88. The molecule has 0 aliphatic heterocycles. The van der Waals surface area contributed by atoms with E-state index >= 15 is 0 Å². The van der Waals surface area contributed by atoms with Crippen LogP contribution in [0.4, 0.5) is 0 Å². The molecule has 0 aromatic heterocycles. The van der Waals surface area contributed by atoms with Crippen molar-refractivity contribution < 1.29 is 22.7 Å². The molecule has 7 nitrogen and oxygen atoms in total. The number of hydrogen-bond donors (Lipinski definition) is 2. The normalized spacial score (nSPS) is 16.5. The maximum atomic E-state index is 12.6. The van der Waals surface area contributed by atoms with Crippen LogP contribution >= 0.6 is 0 Å². The van der Waals surface area contributed by atoms with Gasteiger partial charge in [-0.15, -0.1) is 0 Å². The Labute approximate surface area is 179 Å². The minimum Gasteiger partial charge on any atom is -0.451 e. The van der Waals surface area contributed by atoms with Gasteiger partial charge in [0, 0.05) is 6.54 Å². The molecule has 0 heterocycles. The first-order chi connectivity index (χ1) is 14.2. The number of allylic oxidation sites excluding steroid dienone is 1. The van der Waals surface area contributed by atoms with Crippen molar-refractivity contribution in [2.24, 2.45) is 5.92 Å². The van der Waals surface area contributed by atoms with E-state index in [-0.39, 0.29) is 10.8 Å². The molecular formula is C22H32N2O5S. The van der Waals surface area contributed by atoms with E-state index in [9.17, 15) is 18.0 Å². The van der Waals surface area contributed by atoms with Gasteiger partial charge in [-0.2, -0.15) is 4.72 Å². The highest BCUT2D eigenvalue weighted by atomic mass is 32.2. The van der Waals surface area contributed by atoms with Gasteiger partial charge in [0.2, 0.25) is 10.0 Å². The smallest absolute Gasteiger partial charge is 0.325 e. The topological polar surface area (TPSA) is 102 Å². The van der Waals surface area contributed by atoms with E-state index in [0.29, 0.717) is 6.54 Å². The summed E-state index contributed by atoms with van der Waals surface area (Å²) in [4.78, 5) is 24.9. The summed E-state index contributed by atoms with van der Waals surface area (Å²) in [6.07, 6.45) is 6.56. The molecule has 0 radical (unpaired) electrons. The minimum atomic E-state index is -3.89. The lowest BCUT2D eigenvalue weighted by molar-refractivity contribution is -0.157. The minimum absolute atomic E-state index is 0.0614. The Balaban J connectivity index is 1.90. The van der Waals surface area contributed by atoms with E-state index in [0.717, 1.165) is 19.3 Å². The first-order valence-corrected chi connectivity index (χ1v) is 11.9. The number of carbonyl (C=O) groups is 2. The average molecular weight is 437 g/mol. The fourth-order valence-electron chi connectivity index (χ4n) is 3.21. The summed E-state index contributed by atoms with van der Waals surface area (Å²) in [6, 6.07) is 6.71. The zero-order valence-corrected chi connectivity index (χ0v) is 18.7. The molecule has 0 fully saturated rings. The predicted molar refractivity (Wildman–Crippen MR) is 115 cm³/mol. The lowest BCUT2D eigenvalue weighted by Gasteiger charge is -2.23. The summed E-state index contributed by atoms with van der Waals surface area (Å²) < 4.78 is 32.8. The van der Waals surface area contributed by atoms with E-state index in [1.54, 1.807) is 32.0 Å². The number of benzene rings is 1. The van der Waals surface area contributed by atoms with Gasteiger partial charge in [-0.25, -0.2) is 8.42 Å². The van der Waals surface area contributed by atoms with Crippen molar-refractivity contribution in [2.45, 2.75) is 69.9 Å². The zero-order valence-electron chi connectivity index (χ0n) is 17.9. The van der Waals surface area contributed by atoms with Gasteiger partial charge in [0.25, 0.3) is 5.91 Å². The van der Waals surface area contributed by atoms with Crippen LogP contribution in [0.5, 0.6) is 0 Å². The van der Waals surface area contributed by atoms with E-state index < -0.39 is 34.0 Å². The van der Waals surface area contributed by atoms with Crippen molar-refractivity contribution in [1.29, 1.82) is 0 Å². The quantitative estimate of drug-likeness (QED) is 0.434. The van der Waals surface area contributed by atoms with Crippen molar-refractivity contribution in [3.8, 4) is 0 Å². The molecular weight excluding hydrogens is 404 g/mol. The molecule has 1 aliphatic carbocycles. The molecule has 8 heteroatoms. The van der Waals surface area contributed by atoms with Crippen molar-refractivity contribution in [1.82, 2.24) is 10.0 Å². The fraction of sp³-hybridized carbons (Fsp3) is 0.545. The van der Waals surface area contributed by atoms with E-state index in [1.165, 1.54) is 37.5 Å². The standard InChI is InChI=1S/C22H32N2O5S/c1-16(2)20(24-30(27,28)19-12-8-5-9-13-19)22(26)29-17(3)21(25)23-15-14-18-10-6-4-7-11-18/h5,8-10,12-13,16-17,20,24H,4,6-7,11,14-15H2,1-3H3,(H,23,25)/t17?,20-/m0/s1. The summed E-state index contributed by atoms with van der Waals surface area (Å²) in [5.74, 6) is -1.53. The third-order valence-electron chi connectivity index (χ3n) is 5.05. The average Bonchev–Trinajstić information content (AvgIpc) is 2.73. The molecule has 2 N–H and O–H groups in total. The zero-order chi connectivity index (χ0) is 22.1. The van der Waals surface area contributed by atoms with Gasteiger partial charge in [0.15, 0.2) is 6.10 Å². The maximum Gasteiger partial charge on any atom is 0.325 e. The summed E-state index contributed by atoms with van der Waals surface area (Å²) in [5.41, 5.74) is 1.35. The van der Waals surface area contributed by atoms with E-state index in [1.807, 2.05) is 0 Å². The van der Waals surface area contributed by atoms with Crippen LogP contribution < -0.4 is 10.0 Å². The second kappa shape index (κ2) is 11.3. The molecule has 2 rings (SSSR count). The number of carbonyl (C=O) groups excluding carboxylic acids is 2. The molecule has 0 bridgehead atoms. The predicted octanol–water partition coefficient (Wildman–Crippen LogP) is 2.93. The van der Waals surface area contributed by atoms with E-state index in [4.69, 9.17) is 4.74 Å². The number of sulfonamides is 1. The van der Waals surface area contributed by atoms with Gasteiger partial charge < -0.3 is 10.1 Å². The highest BCUT2D eigenvalue weighted by molar-refractivity contribution is 7.89. The lowest BCUT2D eigenvalue weighted by atomic mass is 9.97. The van der Waals surface area contributed by atoms with Gasteiger partial charge in [-0.05, 0) is 57.1 Å². The fourth-order valence-corrected chi connectivity index (χ4v) is 4.57. The molecule has 2 atom stereocenters. The van der Waals surface area contributed by atoms with E-state index in [2.05, 4.69) is 16.1 Å². The van der Waals surface area contributed by atoms with Crippen molar-refractivity contribution in [3.05, 3.63) is 42.0 Å². The maximum absolute atomic E-state index is 12.6. The third-order valence-corrected chi connectivity index (χ3v) is 6.51. The summed E-state index contributed by atoms with van der Waals surface area (Å²) in [7, 11) is -3.89. The van der Waals surface area contributed by atoms with Crippen LogP contribution in [-0.2, 0) is 24.3 Å². The van der Waals surface area contributed by atoms with Gasteiger partial charge in [0.05, 0.1) is 4.90 Å². The number of amides is 1. The molecule has 1 unspecified atom stereocenters. The monoisotopic (exact) mass is 436 g/mol.